The lowest BCUT2D eigenvalue weighted by atomic mass is 9.95. The molecule has 0 bridgehead atoms. The summed E-state index contributed by atoms with van der Waals surface area (Å²) in [4.78, 5) is 11.1. The van der Waals surface area contributed by atoms with Gasteiger partial charge < -0.3 is 0 Å². The zero-order valence-corrected chi connectivity index (χ0v) is 5.84. The van der Waals surface area contributed by atoms with Gasteiger partial charge >= 0.3 is 0 Å². The molecule has 0 heterocycles. The number of fused-ring (bicyclic) bond motifs is 1. The quantitative estimate of drug-likeness (QED) is 0.494. The van der Waals surface area contributed by atoms with Gasteiger partial charge in [-0.1, -0.05) is 18.2 Å². The Balaban J connectivity index is 2.33. The van der Waals surface area contributed by atoms with Crippen LogP contribution in [-0.2, 0) is 4.79 Å². The van der Waals surface area contributed by atoms with E-state index in [1.165, 1.54) is 0 Å². The second-order valence-corrected chi connectivity index (χ2v) is 2.94. The predicted octanol–water partition coefficient (Wildman–Crippen LogP) is 1.85. The molecule has 0 aromatic rings. The summed E-state index contributed by atoms with van der Waals surface area (Å²) in [6.45, 7) is 0. The summed E-state index contributed by atoms with van der Waals surface area (Å²) in [6.07, 6.45) is 9.05. The summed E-state index contributed by atoms with van der Waals surface area (Å²) >= 11 is 0. The van der Waals surface area contributed by atoms with Crippen molar-refractivity contribution in [1.29, 1.82) is 0 Å². The number of ketones is 1. The Morgan fingerprint density at radius 3 is 3.20 bits per heavy atom. The highest BCUT2D eigenvalue weighted by molar-refractivity contribution is 5.98. The van der Waals surface area contributed by atoms with Crippen LogP contribution in [0.1, 0.15) is 19.3 Å². The van der Waals surface area contributed by atoms with Crippen LogP contribution in [0.5, 0.6) is 0 Å². The van der Waals surface area contributed by atoms with E-state index in [0.717, 1.165) is 24.8 Å². The van der Waals surface area contributed by atoms with Crippen molar-refractivity contribution in [2.45, 2.75) is 19.3 Å². The molecule has 0 amide bonds. The van der Waals surface area contributed by atoms with Gasteiger partial charge in [0.25, 0.3) is 0 Å². The van der Waals surface area contributed by atoms with Crippen LogP contribution in [0.3, 0.4) is 0 Å². The van der Waals surface area contributed by atoms with Gasteiger partial charge in [0.1, 0.15) is 0 Å². The Morgan fingerprint density at radius 1 is 1.50 bits per heavy atom. The third-order valence-electron chi connectivity index (χ3n) is 2.31. The number of allylic oxidation sites excluding steroid dienone is 4. The highest BCUT2D eigenvalue weighted by Gasteiger charge is 2.27. The van der Waals surface area contributed by atoms with E-state index in [2.05, 4.69) is 6.08 Å². The van der Waals surface area contributed by atoms with Gasteiger partial charge in [-0.15, -0.1) is 0 Å². The van der Waals surface area contributed by atoms with E-state index in [1.54, 1.807) is 0 Å². The van der Waals surface area contributed by atoms with Crippen LogP contribution in [0.4, 0.5) is 0 Å². The summed E-state index contributed by atoms with van der Waals surface area (Å²) in [6, 6.07) is 0. The minimum atomic E-state index is 0.370. The highest BCUT2D eigenvalue weighted by atomic mass is 16.1. The summed E-state index contributed by atoms with van der Waals surface area (Å²) in [5, 5.41) is 0. The zero-order valence-electron chi connectivity index (χ0n) is 5.84. The van der Waals surface area contributed by atoms with Crippen molar-refractivity contribution in [3.05, 3.63) is 23.8 Å². The van der Waals surface area contributed by atoms with Crippen molar-refractivity contribution < 1.29 is 4.79 Å². The Morgan fingerprint density at radius 2 is 2.40 bits per heavy atom. The van der Waals surface area contributed by atoms with Crippen molar-refractivity contribution in [2.75, 3.05) is 0 Å². The van der Waals surface area contributed by atoms with Gasteiger partial charge in [0, 0.05) is 6.42 Å². The van der Waals surface area contributed by atoms with E-state index in [-0.39, 0.29) is 0 Å². The lowest BCUT2D eigenvalue weighted by Gasteiger charge is -2.09. The highest BCUT2D eigenvalue weighted by Crippen LogP contribution is 2.32. The van der Waals surface area contributed by atoms with Crippen molar-refractivity contribution in [2.24, 2.45) is 5.92 Å². The summed E-state index contributed by atoms with van der Waals surface area (Å²) < 4.78 is 0. The van der Waals surface area contributed by atoms with E-state index < -0.39 is 0 Å². The second-order valence-electron chi connectivity index (χ2n) is 2.94. The first-order valence-corrected chi connectivity index (χ1v) is 3.78. The second kappa shape index (κ2) is 2.08. The molecule has 0 aliphatic heterocycles. The van der Waals surface area contributed by atoms with Gasteiger partial charge in [-0.2, -0.15) is 0 Å². The largest absolute Gasteiger partial charge is 0.295 e. The average molecular weight is 134 g/mol. The van der Waals surface area contributed by atoms with Crippen LogP contribution in [0.15, 0.2) is 23.8 Å². The normalized spacial score (nSPS) is 30.2. The first kappa shape index (κ1) is 5.90. The molecule has 1 atom stereocenters. The summed E-state index contributed by atoms with van der Waals surface area (Å²) in [5.74, 6) is 0.937. The molecule has 10 heavy (non-hydrogen) atoms. The van der Waals surface area contributed by atoms with Crippen LogP contribution in [0.2, 0.25) is 0 Å². The number of hydrogen-bond acceptors (Lipinski definition) is 1. The fourth-order valence-corrected chi connectivity index (χ4v) is 1.72. The number of Topliss-reactive ketones (excluding diaryl/α,β-unsaturated/α-hetero) is 1. The van der Waals surface area contributed by atoms with Crippen molar-refractivity contribution in [1.82, 2.24) is 0 Å². The maximum absolute atomic E-state index is 11.1. The van der Waals surface area contributed by atoms with Gasteiger partial charge in [-0.25, -0.2) is 0 Å². The minimum Gasteiger partial charge on any atom is -0.295 e. The SMILES string of the molecule is O=C1CCC2CC=CC=C12. The fourth-order valence-electron chi connectivity index (χ4n) is 1.72. The van der Waals surface area contributed by atoms with E-state index in [0.29, 0.717) is 11.7 Å². The standard InChI is InChI=1S/C9H10O/c10-9-6-5-7-3-1-2-4-8(7)9/h1-2,4,7H,3,5-6H2. The molecule has 0 aromatic carbocycles. The third kappa shape index (κ3) is 0.737. The maximum Gasteiger partial charge on any atom is 0.159 e. The van der Waals surface area contributed by atoms with E-state index in [9.17, 15) is 4.79 Å². The molecule has 1 fully saturated rings. The first-order valence-electron chi connectivity index (χ1n) is 3.78. The van der Waals surface area contributed by atoms with Gasteiger partial charge in [0.15, 0.2) is 5.78 Å². The van der Waals surface area contributed by atoms with E-state index >= 15 is 0 Å². The predicted molar refractivity (Wildman–Crippen MR) is 39.6 cm³/mol. The van der Waals surface area contributed by atoms with Crippen molar-refractivity contribution in [3.8, 4) is 0 Å². The molecule has 1 saturated carbocycles. The summed E-state index contributed by atoms with van der Waals surface area (Å²) in [5.41, 5.74) is 1.07. The van der Waals surface area contributed by atoms with Crippen LogP contribution < -0.4 is 0 Å². The fraction of sp³-hybridized carbons (Fsp3) is 0.444. The Labute approximate surface area is 60.4 Å². The number of carbonyl (C=O) groups is 1. The molecule has 0 radical (unpaired) electrons. The van der Waals surface area contributed by atoms with Crippen molar-refractivity contribution >= 4 is 5.78 Å². The number of rotatable bonds is 0. The molecule has 52 valence electrons. The molecule has 1 heteroatoms. The van der Waals surface area contributed by atoms with Crippen molar-refractivity contribution in [3.63, 3.8) is 0 Å². The van der Waals surface area contributed by atoms with Gasteiger partial charge in [0.2, 0.25) is 0 Å². The Bertz CT molecular complexity index is 223. The van der Waals surface area contributed by atoms with E-state index in [4.69, 9.17) is 0 Å². The topological polar surface area (TPSA) is 17.1 Å². The molecule has 0 saturated heterocycles. The molecule has 1 unspecified atom stereocenters. The molecular formula is C9H10O. The summed E-state index contributed by atoms with van der Waals surface area (Å²) in [7, 11) is 0. The van der Waals surface area contributed by atoms with Crippen LogP contribution in [0.25, 0.3) is 0 Å². The minimum absolute atomic E-state index is 0.370. The monoisotopic (exact) mass is 134 g/mol. The van der Waals surface area contributed by atoms with Crippen LogP contribution in [-0.4, -0.2) is 5.78 Å². The molecule has 0 N–H and O–H groups in total. The molecule has 1 nitrogen and oxygen atoms in total. The third-order valence-corrected chi connectivity index (χ3v) is 2.31. The van der Waals surface area contributed by atoms with Crippen LogP contribution >= 0.6 is 0 Å². The molecular weight excluding hydrogens is 124 g/mol. The molecule has 2 aliphatic rings. The Hall–Kier alpha value is -0.850. The zero-order chi connectivity index (χ0) is 6.97. The smallest absolute Gasteiger partial charge is 0.159 e. The maximum atomic E-state index is 11.1. The van der Waals surface area contributed by atoms with Gasteiger partial charge in [-0.05, 0) is 24.3 Å². The molecule has 2 rings (SSSR count). The van der Waals surface area contributed by atoms with Gasteiger partial charge in [0.05, 0.1) is 0 Å². The lowest BCUT2D eigenvalue weighted by molar-refractivity contribution is -0.114. The van der Waals surface area contributed by atoms with E-state index in [1.807, 2.05) is 12.2 Å². The molecule has 0 spiro atoms. The Kier molecular flexibility index (Phi) is 1.23. The van der Waals surface area contributed by atoms with Gasteiger partial charge in [-0.3, -0.25) is 4.79 Å². The number of hydrogen-bond donors (Lipinski definition) is 0. The number of carbonyl (C=O) groups excluding carboxylic acids is 1. The molecule has 2 aliphatic carbocycles. The van der Waals surface area contributed by atoms with Crippen LogP contribution in [0, 0.1) is 5.92 Å². The average Bonchev–Trinajstić information content (AvgIpc) is 2.34. The lowest BCUT2D eigenvalue weighted by Crippen LogP contribution is -2.02. The first-order chi connectivity index (χ1) is 4.88. The molecule has 0 aromatic heterocycles.